The summed E-state index contributed by atoms with van der Waals surface area (Å²) in [6, 6.07) is 15.9. The third-order valence-electron chi connectivity index (χ3n) is 3.67. The molecule has 3 rings (SSSR count). The Morgan fingerprint density at radius 3 is 2.38 bits per heavy atom. The lowest BCUT2D eigenvalue weighted by molar-refractivity contribution is 0.0696. The molecule has 1 aromatic heterocycles. The molecule has 0 radical (unpaired) electrons. The van der Waals surface area contributed by atoms with Gasteiger partial charge in [-0.25, -0.2) is 4.79 Å². The molecule has 4 heteroatoms. The predicted molar refractivity (Wildman–Crippen MR) is 87.0 cm³/mol. The van der Waals surface area contributed by atoms with Crippen LogP contribution in [-0.2, 0) is 0 Å². The highest BCUT2D eigenvalue weighted by atomic mass is 35.5. The van der Waals surface area contributed by atoms with E-state index in [1.807, 2.05) is 42.7 Å². The van der Waals surface area contributed by atoms with E-state index in [4.69, 9.17) is 0 Å². The molecule has 21 heavy (non-hydrogen) atoms. The van der Waals surface area contributed by atoms with Gasteiger partial charge in [0, 0.05) is 16.8 Å². The lowest BCUT2D eigenvalue weighted by Crippen LogP contribution is -2.03. The van der Waals surface area contributed by atoms with E-state index in [2.05, 4.69) is 18.2 Å². The molecule has 3 nitrogen and oxygen atoms in total. The summed E-state index contributed by atoms with van der Waals surface area (Å²) in [4.78, 5) is 11.3. The van der Waals surface area contributed by atoms with Crippen LogP contribution in [0.3, 0.4) is 0 Å². The van der Waals surface area contributed by atoms with Gasteiger partial charge in [0.2, 0.25) is 0 Å². The zero-order valence-corrected chi connectivity index (χ0v) is 12.6. The van der Waals surface area contributed by atoms with Crippen molar-refractivity contribution in [2.24, 2.45) is 0 Å². The number of benzene rings is 2. The van der Waals surface area contributed by atoms with Crippen molar-refractivity contribution in [1.29, 1.82) is 0 Å². The van der Waals surface area contributed by atoms with Gasteiger partial charge in [-0.05, 0) is 31.4 Å². The second-order valence-corrected chi connectivity index (χ2v) is 4.92. The second kappa shape index (κ2) is 5.62. The van der Waals surface area contributed by atoms with Crippen LogP contribution in [0.15, 0.2) is 48.5 Å². The molecule has 0 saturated carbocycles. The number of carbonyl (C=O) groups is 1. The van der Waals surface area contributed by atoms with Crippen LogP contribution in [0.1, 0.15) is 21.7 Å². The number of carboxylic acid groups (broad SMARTS) is 1. The number of aromatic nitrogens is 1. The molecular weight excluding hydrogens is 286 g/mol. The fraction of sp³-hybridized carbons (Fsp3) is 0.118. The van der Waals surface area contributed by atoms with Crippen LogP contribution in [-0.4, -0.2) is 15.6 Å². The quantitative estimate of drug-likeness (QED) is 0.764. The maximum absolute atomic E-state index is 11.3. The van der Waals surface area contributed by atoms with Crippen LogP contribution in [0.5, 0.6) is 0 Å². The minimum Gasteiger partial charge on any atom is -0.478 e. The Kier molecular flexibility index (Phi) is 4.05. The summed E-state index contributed by atoms with van der Waals surface area (Å²) in [5, 5.41) is 11.5. The van der Waals surface area contributed by atoms with Crippen LogP contribution in [0, 0.1) is 13.8 Å². The van der Waals surface area contributed by atoms with Gasteiger partial charge < -0.3 is 9.67 Å². The fourth-order valence-corrected chi connectivity index (χ4v) is 2.75. The summed E-state index contributed by atoms with van der Waals surface area (Å²) >= 11 is 0. The van der Waals surface area contributed by atoms with Crippen molar-refractivity contribution in [3.63, 3.8) is 0 Å². The highest BCUT2D eigenvalue weighted by Gasteiger charge is 2.16. The number of hydrogen-bond donors (Lipinski definition) is 1. The van der Waals surface area contributed by atoms with E-state index in [9.17, 15) is 9.90 Å². The van der Waals surface area contributed by atoms with Crippen LogP contribution in [0.2, 0.25) is 0 Å². The van der Waals surface area contributed by atoms with Gasteiger partial charge in [-0.1, -0.05) is 36.4 Å². The number of halogens is 1. The van der Waals surface area contributed by atoms with Crippen molar-refractivity contribution < 1.29 is 9.90 Å². The van der Waals surface area contributed by atoms with Crippen LogP contribution < -0.4 is 0 Å². The average molecular weight is 302 g/mol. The molecular formula is C17H16ClNO2. The molecule has 2 aromatic carbocycles. The minimum absolute atomic E-state index is 0. The Balaban J connectivity index is 0.00000161. The summed E-state index contributed by atoms with van der Waals surface area (Å²) in [5.41, 5.74) is 3.06. The standard InChI is InChI=1S/C17H15NO2.ClH/c1-11-10-15(17(19)20)12(2)18(11)16-9-5-7-13-6-3-4-8-14(13)16;/h3-10H,1-2H3,(H,19,20);1H. The van der Waals surface area contributed by atoms with E-state index in [0.717, 1.165) is 27.8 Å². The van der Waals surface area contributed by atoms with E-state index >= 15 is 0 Å². The topological polar surface area (TPSA) is 42.2 Å². The predicted octanol–water partition coefficient (Wildman–Crippen LogP) is 4.37. The monoisotopic (exact) mass is 301 g/mol. The molecule has 3 aromatic rings. The van der Waals surface area contributed by atoms with E-state index in [0.29, 0.717) is 5.56 Å². The largest absolute Gasteiger partial charge is 0.478 e. The molecule has 0 aliphatic carbocycles. The fourth-order valence-electron chi connectivity index (χ4n) is 2.75. The molecule has 0 spiro atoms. The van der Waals surface area contributed by atoms with Crippen molar-refractivity contribution in [3.05, 3.63) is 65.5 Å². The Hall–Kier alpha value is -2.26. The smallest absolute Gasteiger partial charge is 0.337 e. The molecule has 108 valence electrons. The number of nitrogens with zero attached hydrogens (tertiary/aromatic N) is 1. The molecule has 0 bridgehead atoms. The van der Waals surface area contributed by atoms with Crippen LogP contribution in [0.4, 0.5) is 0 Å². The first-order valence-electron chi connectivity index (χ1n) is 6.50. The second-order valence-electron chi connectivity index (χ2n) is 4.92. The van der Waals surface area contributed by atoms with Gasteiger partial charge in [0.1, 0.15) is 0 Å². The third-order valence-corrected chi connectivity index (χ3v) is 3.67. The highest BCUT2D eigenvalue weighted by molar-refractivity contribution is 5.92. The number of fused-ring (bicyclic) bond motifs is 1. The minimum atomic E-state index is -0.885. The highest BCUT2D eigenvalue weighted by Crippen LogP contribution is 2.27. The Labute approximate surface area is 129 Å². The summed E-state index contributed by atoms with van der Waals surface area (Å²) < 4.78 is 2.01. The van der Waals surface area contributed by atoms with Crippen molar-refractivity contribution in [2.45, 2.75) is 13.8 Å². The van der Waals surface area contributed by atoms with Gasteiger partial charge in [-0.2, -0.15) is 0 Å². The molecule has 0 amide bonds. The first-order valence-corrected chi connectivity index (χ1v) is 6.50. The van der Waals surface area contributed by atoms with Crippen molar-refractivity contribution >= 4 is 29.1 Å². The van der Waals surface area contributed by atoms with E-state index < -0.39 is 5.97 Å². The van der Waals surface area contributed by atoms with Crippen molar-refractivity contribution in [2.75, 3.05) is 0 Å². The number of aryl methyl sites for hydroxylation is 1. The maximum atomic E-state index is 11.3. The molecule has 0 atom stereocenters. The summed E-state index contributed by atoms with van der Waals surface area (Å²) in [7, 11) is 0. The van der Waals surface area contributed by atoms with Gasteiger partial charge in [-0.15, -0.1) is 12.4 Å². The Morgan fingerprint density at radius 1 is 1.05 bits per heavy atom. The molecule has 0 unspecified atom stereocenters. The van der Waals surface area contributed by atoms with E-state index in [-0.39, 0.29) is 12.4 Å². The first kappa shape index (κ1) is 15.1. The number of aromatic carboxylic acids is 1. The summed E-state index contributed by atoms with van der Waals surface area (Å²) in [6.07, 6.45) is 0. The Bertz CT molecular complexity index is 816. The van der Waals surface area contributed by atoms with Crippen molar-refractivity contribution in [3.8, 4) is 5.69 Å². The average Bonchev–Trinajstić information content (AvgIpc) is 2.74. The number of rotatable bonds is 2. The zero-order chi connectivity index (χ0) is 14.3. The third kappa shape index (κ3) is 2.41. The number of carboxylic acids is 1. The molecule has 0 aliphatic rings. The van der Waals surface area contributed by atoms with Gasteiger partial charge in [-0.3, -0.25) is 0 Å². The van der Waals surface area contributed by atoms with Crippen LogP contribution in [0.25, 0.3) is 16.5 Å². The summed E-state index contributed by atoms with van der Waals surface area (Å²) in [5.74, 6) is -0.885. The maximum Gasteiger partial charge on any atom is 0.337 e. The van der Waals surface area contributed by atoms with Crippen LogP contribution >= 0.6 is 12.4 Å². The van der Waals surface area contributed by atoms with E-state index in [1.165, 1.54) is 0 Å². The van der Waals surface area contributed by atoms with Crippen molar-refractivity contribution in [1.82, 2.24) is 4.57 Å². The van der Waals surface area contributed by atoms with Gasteiger partial charge >= 0.3 is 5.97 Å². The normalized spacial score (nSPS) is 10.4. The first-order chi connectivity index (χ1) is 9.59. The SMILES string of the molecule is Cc1cc(C(=O)O)c(C)n1-c1cccc2ccccc12.Cl. The molecule has 0 aliphatic heterocycles. The van der Waals surface area contributed by atoms with E-state index in [1.54, 1.807) is 6.07 Å². The zero-order valence-electron chi connectivity index (χ0n) is 11.8. The molecule has 1 N–H and O–H groups in total. The molecule has 0 fully saturated rings. The lowest BCUT2D eigenvalue weighted by Gasteiger charge is -2.12. The van der Waals surface area contributed by atoms with Gasteiger partial charge in [0.05, 0.1) is 11.3 Å². The van der Waals surface area contributed by atoms with Gasteiger partial charge in [0.15, 0.2) is 0 Å². The lowest BCUT2D eigenvalue weighted by atomic mass is 10.1. The van der Waals surface area contributed by atoms with Gasteiger partial charge in [0.25, 0.3) is 0 Å². The summed E-state index contributed by atoms with van der Waals surface area (Å²) in [6.45, 7) is 3.78. The molecule has 0 saturated heterocycles. The number of hydrogen-bond acceptors (Lipinski definition) is 1. The molecule has 1 heterocycles. The Morgan fingerprint density at radius 2 is 1.71 bits per heavy atom.